The highest BCUT2D eigenvalue weighted by Gasteiger charge is 2.43. The molecule has 35 heavy (non-hydrogen) atoms. The summed E-state index contributed by atoms with van der Waals surface area (Å²) in [6.45, 7) is 2.11. The zero-order chi connectivity index (χ0) is 24.7. The molecule has 1 saturated carbocycles. The van der Waals surface area contributed by atoms with E-state index >= 15 is 4.39 Å². The summed E-state index contributed by atoms with van der Waals surface area (Å²) in [5, 5.41) is 11.4. The molecule has 1 aliphatic heterocycles. The fourth-order valence-corrected chi connectivity index (χ4v) is 4.46. The first kappa shape index (κ1) is 23.2. The summed E-state index contributed by atoms with van der Waals surface area (Å²) in [5.74, 6) is 0.663. The number of hydrogen-bond acceptors (Lipinski definition) is 6. The van der Waals surface area contributed by atoms with Gasteiger partial charge in [-0.3, -0.25) is 4.79 Å². The highest BCUT2D eigenvalue weighted by molar-refractivity contribution is 5.95. The Labute approximate surface area is 198 Å². The van der Waals surface area contributed by atoms with Crippen molar-refractivity contribution >= 4 is 11.7 Å². The van der Waals surface area contributed by atoms with Crippen molar-refractivity contribution in [1.29, 1.82) is 0 Å². The third-order valence-electron chi connectivity index (χ3n) is 6.42. The van der Waals surface area contributed by atoms with E-state index in [2.05, 4.69) is 20.5 Å². The van der Waals surface area contributed by atoms with E-state index in [1.165, 1.54) is 6.07 Å². The van der Waals surface area contributed by atoms with Crippen molar-refractivity contribution in [3.05, 3.63) is 59.5 Å². The second-order valence-corrected chi connectivity index (χ2v) is 8.85. The minimum Gasteiger partial charge on any atom is -0.354 e. The van der Waals surface area contributed by atoms with Crippen LogP contribution in [0.5, 0.6) is 0 Å². The number of benzene rings is 1. The summed E-state index contributed by atoms with van der Waals surface area (Å²) in [6.07, 6.45) is -3.08. The SMILES string of the molecule is Cc1nnnn1-c1ccc(C(=O)N(C2CC2)[C@@H]2CCN(c3ccc(C(F)(F)F)cn3)C[C@@H]2F)cc1. The van der Waals surface area contributed by atoms with Crippen LogP contribution in [0.3, 0.4) is 0 Å². The smallest absolute Gasteiger partial charge is 0.354 e. The third kappa shape index (κ3) is 4.69. The lowest BCUT2D eigenvalue weighted by molar-refractivity contribution is -0.137. The summed E-state index contributed by atoms with van der Waals surface area (Å²) in [7, 11) is 0. The molecule has 3 heterocycles. The Kier molecular flexibility index (Phi) is 5.89. The zero-order valence-corrected chi connectivity index (χ0v) is 18.9. The normalized spacial score (nSPS) is 20.7. The van der Waals surface area contributed by atoms with Gasteiger partial charge in [-0.15, -0.1) is 5.10 Å². The quantitative estimate of drug-likeness (QED) is 0.510. The molecule has 184 valence electrons. The maximum Gasteiger partial charge on any atom is 0.417 e. The predicted molar refractivity (Wildman–Crippen MR) is 118 cm³/mol. The van der Waals surface area contributed by atoms with Gasteiger partial charge in [0.15, 0.2) is 5.82 Å². The minimum atomic E-state index is -4.48. The van der Waals surface area contributed by atoms with Gasteiger partial charge in [0.25, 0.3) is 5.91 Å². The number of alkyl halides is 4. The molecule has 0 N–H and O–H groups in total. The number of nitrogens with zero attached hydrogens (tertiary/aromatic N) is 7. The van der Waals surface area contributed by atoms with Crippen LogP contribution in [0, 0.1) is 6.92 Å². The summed E-state index contributed by atoms with van der Waals surface area (Å²) in [5.41, 5.74) is 0.313. The maximum absolute atomic E-state index is 15.4. The summed E-state index contributed by atoms with van der Waals surface area (Å²) >= 11 is 0. The Hall–Kier alpha value is -3.57. The molecule has 3 aromatic rings. The minimum absolute atomic E-state index is 0.0112. The van der Waals surface area contributed by atoms with E-state index in [9.17, 15) is 18.0 Å². The number of anilines is 1. The van der Waals surface area contributed by atoms with E-state index in [1.807, 2.05) is 0 Å². The molecule has 2 fully saturated rings. The van der Waals surface area contributed by atoms with Crippen LogP contribution in [0.4, 0.5) is 23.4 Å². The number of pyridine rings is 1. The highest BCUT2D eigenvalue weighted by atomic mass is 19.4. The van der Waals surface area contributed by atoms with Gasteiger partial charge in [-0.25, -0.2) is 9.37 Å². The van der Waals surface area contributed by atoms with Crippen LogP contribution < -0.4 is 4.90 Å². The molecule has 2 aliphatic rings. The Bertz CT molecular complexity index is 1190. The molecule has 1 aromatic carbocycles. The number of tetrazole rings is 1. The molecule has 1 saturated heterocycles. The van der Waals surface area contributed by atoms with E-state index in [4.69, 9.17) is 0 Å². The van der Waals surface area contributed by atoms with E-state index in [1.54, 1.807) is 45.7 Å². The first-order valence-electron chi connectivity index (χ1n) is 11.3. The second kappa shape index (κ2) is 8.90. The molecule has 0 spiro atoms. The molecule has 1 aliphatic carbocycles. The van der Waals surface area contributed by atoms with Crippen LogP contribution in [-0.4, -0.2) is 67.3 Å². The monoisotopic (exact) mass is 489 g/mol. The van der Waals surface area contributed by atoms with Crippen LogP contribution in [0.2, 0.25) is 0 Å². The maximum atomic E-state index is 15.4. The van der Waals surface area contributed by atoms with Crippen molar-refractivity contribution in [1.82, 2.24) is 30.1 Å². The number of aryl methyl sites for hydroxylation is 1. The molecular formula is C23H23F4N7O. The van der Waals surface area contributed by atoms with Gasteiger partial charge in [0.05, 0.1) is 23.8 Å². The van der Waals surface area contributed by atoms with Gasteiger partial charge >= 0.3 is 6.18 Å². The number of piperidine rings is 1. The van der Waals surface area contributed by atoms with Crippen molar-refractivity contribution in [3.63, 3.8) is 0 Å². The molecule has 0 unspecified atom stereocenters. The standard InChI is InChI=1S/C23H23F4N7O/c1-14-29-30-31-34(14)18-5-2-15(3-6-18)22(35)33(17-7-8-17)20-10-11-32(13-19(20)24)21-9-4-16(12-28-21)23(25,26)27/h2-6,9,12,17,19-20H,7-8,10-11,13H2,1H3/t19-,20+/m0/s1. The van der Waals surface area contributed by atoms with Crippen LogP contribution in [0.15, 0.2) is 42.6 Å². The van der Waals surface area contributed by atoms with Crippen molar-refractivity contribution in [2.45, 2.75) is 50.6 Å². The molecule has 0 radical (unpaired) electrons. The van der Waals surface area contributed by atoms with Crippen molar-refractivity contribution < 1.29 is 22.4 Å². The lowest BCUT2D eigenvalue weighted by Gasteiger charge is -2.41. The number of hydrogen-bond donors (Lipinski definition) is 0. The first-order chi connectivity index (χ1) is 16.7. The van der Waals surface area contributed by atoms with Crippen molar-refractivity contribution in [3.8, 4) is 5.69 Å². The van der Waals surface area contributed by atoms with Crippen LogP contribution in [0.1, 0.15) is 41.0 Å². The van der Waals surface area contributed by atoms with Gasteiger partial charge in [-0.1, -0.05) is 0 Å². The van der Waals surface area contributed by atoms with Crippen molar-refractivity contribution in [2.75, 3.05) is 18.0 Å². The molecule has 8 nitrogen and oxygen atoms in total. The Balaban J connectivity index is 1.29. The van der Waals surface area contributed by atoms with E-state index in [0.29, 0.717) is 30.0 Å². The number of aromatic nitrogens is 5. The molecule has 1 amide bonds. The summed E-state index contributed by atoms with van der Waals surface area (Å²) in [4.78, 5) is 20.6. The number of rotatable bonds is 5. The summed E-state index contributed by atoms with van der Waals surface area (Å²) < 4.78 is 55.4. The average Bonchev–Trinajstić information content (AvgIpc) is 3.59. The van der Waals surface area contributed by atoms with E-state index < -0.39 is 24.0 Å². The van der Waals surface area contributed by atoms with Gasteiger partial charge < -0.3 is 9.80 Å². The zero-order valence-electron chi connectivity index (χ0n) is 18.9. The number of carbonyl (C=O) groups is 1. The van der Waals surface area contributed by atoms with Crippen LogP contribution in [-0.2, 0) is 6.18 Å². The Morgan fingerprint density at radius 2 is 1.83 bits per heavy atom. The second-order valence-electron chi connectivity index (χ2n) is 8.85. The molecule has 5 rings (SSSR count). The Morgan fingerprint density at radius 1 is 1.09 bits per heavy atom. The van der Waals surface area contributed by atoms with Gasteiger partial charge in [-0.05, 0) is 73.0 Å². The number of halogens is 4. The topological polar surface area (TPSA) is 80.0 Å². The highest BCUT2D eigenvalue weighted by Crippen LogP contribution is 2.35. The fraction of sp³-hybridized carbons (Fsp3) is 0.435. The third-order valence-corrected chi connectivity index (χ3v) is 6.42. The Morgan fingerprint density at radius 3 is 2.37 bits per heavy atom. The molecule has 12 heteroatoms. The number of carbonyl (C=O) groups excluding carboxylic acids is 1. The number of amides is 1. The van der Waals surface area contributed by atoms with Gasteiger partial charge in [-0.2, -0.15) is 17.9 Å². The predicted octanol–water partition coefficient (Wildman–Crippen LogP) is 3.61. The van der Waals surface area contributed by atoms with Gasteiger partial charge in [0, 0.05) is 24.3 Å². The van der Waals surface area contributed by atoms with Gasteiger partial charge in [0.1, 0.15) is 12.0 Å². The molecule has 2 aromatic heterocycles. The fourth-order valence-electron chi connectivity index (χ4n) is 4.46. The lowest BCUT2D eigenvalue weighted by Crippen LogP contribution is -2.55. The molecule has 2 atom stereocenters. The first-order valence-corrected chi connectivity index (χ1v) is 11.3. The van der Waals surface area contributed by atoms with Crippen molar-refractivity contribution in [2.24, 2.45) is 0 Å². The van der Waals surface area contributed by atoms with E-state index in [-0.39, 0.29) is 24.3 Å². The average molecular weight is 489 g/mol. The largest absolute Gasteiger partial charge is 0.417 e. The lowest BCUT2D eigenvalue weighted by atomic mass is 9.99. The summed E-state index contributed by atoms with van der Waals surface area (Å²) in [6, 6.07) is 8.44. The molecular weight excluding hydrogens is 466 g/mol. The van der Waals surface area contributed by atoms with Crippen LogP contribution in [0.25, 0.3) is 5.69 Å². The van der Waals surface area contributed by atoms with Crippen LogP contribution >= 0.6 is 0 Å². The van der Waals surface area contributed by atoms with Gasteiger partial charge in [0.2, 0.25) is 0 Å². The van der Waals surface area contributed by atoms with E-state index in [0.717, 1.165) is 25.1 Å². The molecule has 0 bridgehead atoms.